The first-order valence-corrected chi connectivity index (χ1v) is 7.21. The molecule has 5 nitrogen and oxygen atoms in total. The molecule has 6 heteroatoms. The number of hydrogen-bond acceptors (Lipinski definition) is 4. The monoisotopic (exact) mass is 278 g/mol. The van der Waals surface area contributed by atoms with Gasteiger partial charge in [0.15, 0.2) is 5.82 Å². The molecular weight excluding hydrogens is 260 g/mol. The second-order valence-electron chi connectivity index (χ2n) is 4.29. The minimum absolute atomic E-state index is 0.0431. The molecule has 0 aromatic carbocycles. The molecule has 0 aliphatic heterocycles. The van der Waals surface area contributed by atoms with Gasteiger partial charge < -0.3 is 9.88 Å². The van der Waals surface area contributed by atoms with E-state index in [4.69, 9.17) is 0 Å². The van der Waals surface area contributed by atoms with Gasteiger partial charge in [-0.3, -0.25) is 4.79 Å². The Morgan fingerprint density at radius 3 is 2.89 bits per heavy atom. The second kappa shape index (κ2) is 5.97. The van der Waals surface area contributed by atoms with E-state index in [-0.39, 0.29) is 5.91 Å². The van der Waals surface area contributed by atoms with Gasteiger partial charge in [-0.15, -0.1) is 21.5 Å². The first kappa shape index (κ1) is 13.7. The molecule has 0 saturated carbocycles. The molecule has 1 N–H and O–H groups in total. The van der Waals surface area contributed by atoms with Crippen molar-refractivity contribution in [2.75, 3.05) is 0 Å². The number of nitrogens with one attached hydrogen (secondary N) is 1. The molecule has 0 aliphatic rings. The van der Waals surface area contributed by atoms with Crippen LogP contribution in [0, 0.1) is 6.92 Å². The van der Waals surface area contributed by atoms with Crippen LogP contribution in [0.3, 0.4) is 0 Å². The fourth-order valence-corrected chi connectivity index (χ4v) is 2.94. The predicted octanol–water partition coefficient (Wildman–Crippen LogP) is 2.16. The topological polar surface area (TPSA) is 59.8 Å². The van der Waals surface area contributed by atoms with Crippen LogP contribution in [0.1, 0.15) is 39.8 Å². The molecule has 2 aromatic heterocycles. The SMILES string of the molecule is CCc1sc(C(=O)NCc2nncn2CC)cc1C. The normalized spacial score (nSPS) is 10.7. The number of amides is 1. The molecule has 0 aliphatic carbocycles. The molecule has 0 saturated heterocycles. The lowest BCUT2D eigenvalue weighted by Gasteiger charge is -2.04. The number of aromatic nitrogens is 3. The molecule has 19 heavy (non-hydrogen) atoms. The molecule has 2 rings (SSSR count). The summed E-state index contributed by atoms with van der Waals surface area (Å²) in [6.45, 7) is 7.37. The number of carbonyl (C=O) groups excluding carboxylic acids is 1. The third-order valence-electron chi connectivity index (χ3n) is 3.01. The first-order chi connectivity index (χ1) is 9.15. The summed E-state index contributed by atoms with van der Waals surface area (Å²) in [5, 5.41) is 10.7. The van der Waals surface area contributed by atoms with Crippen molar-refractivity contribution in [3.63, 3.8) is 0 Å². The number of carbonyl (C=O) groups is 1. The molecule has 1 amide bonds. The Morgan fingerprint density at radius 1 is 1.47 bits per heavy atom. The maximum atomic E-state index is 12.1. The molecule has 0 bridgehead atoms. The molecule has 2 heterocycles. The third-order valence-corrected chi connectivity index (χ3v) is 4.39. The van der Waals surface area contributed by atoms with Crippen LogP contribution in [0.15, 0.2) is 12.4 Å². The number of rotatable bonds is 5. The van der Waals surface area contributed by atoms with E-state index in [2.05, 4.69) is 22.4 Å². The van der Waals surface area contributed by atoms with Gasteiger partial charge in [-0.25, -0.2) is 0 Å². The standard InChI is InChI=1S/C13H18N4OS/c1-4-10-9(3)6-11(19-10)13(18)14-7-12-16-15-8-17(12)5-2/h6,8H,4-5,7H2,1-3H3,(H,14,18). The summed E-state index contributed by atoms with van der Waals surface area (Å²) in [6.07, 6.45) is 2.64. The van der Waals surface area contributed by atoms with Gasteiger partial charge in [-0.1, -0.05) is 6.92 Å². The highest BCUT2D eigenvalue weighted by molar-refractivity contribution is 7.14. The molecule has 2 aromatic rings. The molecule has 0 fully saturated rings. The fourth-order valence-electron chi connectivity index (χ4n) is 1.91. The van der Waals surface area contributed by atoms with Crippen molar-refractivity contribution in [3.8, 4) is 0 Å². The molecular formula is C13H18N4OS. The average Bonchev–Trinajstić information content (AvgIpc) is 3.01. The van der Waals surface area contributed by atoms with E-state index in [1.165, 1.54) is 10.4 Å². The van der Waals surface area contributed by atoms with Crippen LogP contribution in [0.4, 0.5) is 0 Å². The summed E-state index contributed by atoms with van der Waals surface area (Å²) in [5.74, 6) is 0.735. The van der Waals surface area contributed by atoms with Crippen LogP contribution in [0.25, 0.3) is 0 Å². The minimum Gasteiger partial charge on any atom is -0.344 e. The number of nitrogens with zero attached hydrogens (tertiary/aromatic N) is 3. The van der Waals surface area contributed by atoms with E-state index in [1.807, 2.05) is 24.5 Å². The van der Waals surface area contributed by atoms with Crippen molar-refractivity contribution < 1.29 is 4.79 Å². The van der Waals surface area contributed by atoms with Crippen LogP contribution in [0.5, 0.6) is 0 Å². The second-order valence-corrected chi connectivity index (χ2v) is 5.42. The summed E-state index contributed by atoms with van der Waals surface area (Å²) in [4.78, 5) is 14.1. The van der Waals surface area contributed by atoms with E-state index >= 15 is 0 Å². The van der Waals surface area contributed by atoms with Crippen molar-refractivity contribution >= 4 is 17.2 Å². The van der Waals surface area contributed by atoms with E-state index in [0.717, 1.165) is 23.7 Å². The van der Waals surface area contributed by atoms with E-state index in [9.17, 15) is 4.79 Å². The summed E-state index contributed by atoms with van der Waals surface area (Å²) in [6, 6.07) is 1.95. The smallest absolute Gasteiger partial charge is 0.261 e. The summed E-state index contributed by atoms with van der Waals surface area (Å²) in [7, 11) is 0. The molecule has 102 valence electrons. The lowest BCUT2D eigenvalue weighted by atomic mass is 10.2. The zero-order valence-corrected chi connectivity index (χ0v) is 12.3. The Balaban J connectivity index is 2.01. The third kappa shape index (κ3) is 3.01. The van der Waals surface area contributed by atoms with Crippen molar-refractivity contribution in [2.45, 2.75) is 40.3 Å². The Hall–Kier alpha value is -1.69. The van der Waals surface area contributed by atoms with Crippen LogP contribution in [0.2, 0.25) is 0 Å². The largest absolute Gasteiger partial charge is 0.344 e. The van der Waals surface area contributed by atoms with Crippen molar-refractivity contribution in [2.24, 2.45) is 0 Å². The van der Waals surface area contributed by atoms with Gasteiger partial charge in [0, 0.05) is 11.4 Å². The number of thiophene rings is 1. The fraction of sp³-hybridized carbons (Fsp3) is 0.462. The van der Waals surface area contributed by atoms with Gasteiger partial charge >= 0.3 is 0 Å². The van der Waals surface area contributed by atoms with Crippen LogP contribution < -0.4 is 5.32 Å². The van der Waals surface area contributed by atoms with E-state index in [0.29, 0.717) is 6.54 Å². The van der Waals surface area contributed by atoms with Gasteiger partial charge in [0.05, 0.1) is 11.4 Å². The quantitative estimate of drug-likeness (QED) is 0.911. The van der Waals surface area contributed by atoms with Gasteiger partial charge in [0.2, 0.25) is 0 Å². The zero-order valence-electron chi connectivity index (χ0n) is 11.4. The maximum absolute atomic E-state index is 12.1. The number of hydrogen-bond donors (Lipinski definition) is 1. The minimum atomic E-state index is -0.0431. The molecule has 0 atom stereocenters. The summed E-state index contributed by atoms with van der Waals surface area (Å²) < 4.78 is 1.91. The molecule has 0 unspecified atom stereocenters. The molecule has 0 radical (unpaired) electrons. The lowest BCUT2D eigenvalue weighted by molar-refractivity contribution is 0.0953. The van der Waals surface area contributed by atoms with Gasteiger partial charge in [0.1, 0.15) is 6.33 Å². The van der Waals surface area contributed by atoms with Crippen molar-refractivity contribution in [1.82, 2.24) is 20.1 Å². The van der Waals surface area contributed by atoms with Gasteiger partial charge in [0.25, 0.3) is 5.91 Å². The first-order valence-electron chi connectivity index (χ1n) is 6.39. The Morgan fingerprint density at radius 2 is 2.26 bits per heavy atom. The summed E-state index contributed by atoms with van der Waals surface area (Å²) >= 11 is 1.56. The number of aryl methyl sites for hydroxylation is 3. The zero-order chi connectivity index (χ0) is 13.8. The summed E-state index contributed by atoms with van der Waals surface area (Å²) in [5.41, 5.74) is 1.19. The molecule has 0 spiro atoms. The van der Waals surface area contributed by atoms with Gasteiger partial charge in [-0.2, -0.15) is 0 Å². The maximum Gasteiger partial charge on any atom is 0.261 e. The predicted molar refractivity (Wildman–Crippen MR) is 75.3 cm³/mol. The van der Waals surface area contributed by atoms with E-state index in [1.54, 1.807) is 17.7 Å². The highest BCUT2D eigenvalue weighted by Crippen LogP contribution is 2.22. The van der Waals surface area contributed by atoms with E-state index < -0.39 is 0 Å². The van der Waals surface area contributed by atoms with Crippen LogP contribution >= 0.6 is 11.3 Å². The van der Waals surface area contributed by atoms with Crippen LogP contribution in [-0.4, -0.2) is 20.7 Å². The average molecular weight is 278 g/mol. The van der Waals surface area contributed by atoms with Crippen molar-refractivity contribution in [3.05, 3.63) is 33.5 Å². The Labute approximate surface area is 116 Å². The highest BCUT2D eigenvalue weighted by atomic mass is 32.1. The Bertz CT molecular complexity index is 573. The van der Waals surface area contributed by atoms with Gasteiger partial charge in [-0.05, 0) is 31.9 Å². The lowest BCUT2D eigenvalue weighted by Crippen LogP contribution is -2.23. The highest BCUT2D eigenvalue weighted by Gasteiger charge is 2.12. The van der Waals surface area contributed by atoms with Crippen molar-refractivity contribution in [1.29, 1.82) is 0 Å². The Kier molecular flexibility index (Phi) is 4.31. The van der Waals surface area contributed by atoms with Crippen LogP contribution in [-0.2, 0) is 19.5 Å².